The van der Waals surface area contributed by atoms with Gasteiger partial charge in [-0.1, -0.05) is 67.3 Å². The lowest BCUT2D eigenvalue weighted by atomic mass is 9.84. The van der Waals surface area contributed by atoms with Gasteiger partial charge in [-0.3, -0.25) is 9.36 Å². The Morgan fingerprint density at radius 1 is 1.17 bits per heavy atom. The predicted octanol–water partition coefficient (Wildman–Crippen LogP) is 6.69. The zero-order valence-electron chi connectivity index (χ0n) is 20.5. The molecule has 35 heavy (non-hydrogen) atoms. The summed E-state index contributed by atoms with van der Waals surface area (Å²) < 4.78 is 1.85. The number of aryl methyl sites for hydroxylation is 1. The number of hydrogen-bond acceptors (Lipinski definition) is 1. The SMILES string of the molecule is C=C(C=C1C(=C)CC=c2c3c4c(c(Cl)ccc4c(=O)n21)=C(C1=CC=CCC1)CC3)C(C=CC)=CC. The normalized spacial score (nSPS) is 18.8. The van der Waals surface area contributed by atoms with Gasteiger partial charge in [-0.05, 0) is 97.6 Å². The van der Waals surface area contributed by atoms with Crippen molar-refractivity contribution in [1.82, 2.24) is 4.57 Å². The second-order valence-corrected chi connectivity index (χ2v) is 9.70. The standard InChI is InChI=1S/C32H30ClNO/c1-5-10-22(6-2)21(4)19-29-20(3)13-18-28-25-15-14-24(23-11-8-7-9-12-23)31-27(33)17-16-26(30(25)31)32(35)34(28)29/h5-8,10-11,16-19H,3-4,9,12-15H2,1-2H3. The molecule has 0 amide bonds. The van der Waals surface area contributed by atoms with Gasteiger partial charge in [-0.25, -0.2) is 0 Å². The largest absolute Gasteiger partial charge is 0.277 e. The maximum absolute atomic E-state index is 14.0. The van der Waals surface area contributed by atoms with E-state index in [0.717, 1.165) is 69.1 Å². The van der Waals surface area contributed by atoms with Crippen molar-refractivity contribution in [2.24, 2.45) is 0 Å². The summed E-state index contributed by atoms with van der Waals surface area (Å²) >= 11 is 6.82. The van der Waals surface area contributed by atoms with Crippen LogP contribution in [0, 0.1) is 0 Å². The molecule has 176 valence electrons. The third-order valence-electron chi connectivity index (χ3n) is 7.25. The maximum atomic E-state index is 14.0. The minimum absolute atomic E-state index is 0.0281. The molecule has 1 aromatic heterocycles. The van der Waals surface area contributed by atoms with Crippen LogP contribution in [0.4, 0.5) is 0 Å². The van der Waals surface area contributed by atoms with Gasteiger partial charge in [0, 0.05) is 26.4 Å². The first-order chi connectivity index (χ1) is 17.0. The number of rotatable bonds is 4. The smallest absolute Gasteiger partial charge is 0.263 e. The molecule has 0 radical (unpaired) electrons. The Kier molecular flexibility index (Phi) is 6.25. The number of benzene rings is 1. The highest BCUT2D eigenvalue weighted by molar-refractivity contribution is 6.31. The Hall–Kier alpha value is -3.36. The third kappa shape index (κ3) is 3.86. The molecule has 0 saturated carbocycles. The van der Waals surface area contributed by atoms with Gasteiger partial charge in [0.2, 0.25) is 0 Å². The van der Waals surface area contributed by atoms with Crippen molar-refractivity contribution < 1.29 is 0 Å². The van der Waals surface area contributed by atoms with E-state index in [4.69, 9.17) is 11.6 Å². The van der Waals surface area contributed by atoms with Crippen LogP contribution in [0.1, 0.15) is 45.1 Å². The van der Waals surface area contributed by atoms with Gasteiger partial charge in [0.15, 0.2) is 0 Å². The lowest BCUT2D eigenvalue weighted by molar-refractivity contribution is 0.882. The molecule has 2 heterocycles. The van der Waals surface area contributed by atoms with E-state index in [1.807, 2.05) is 54.9 Å². The fourth-order valence-corrected chi connectivity index (χ4v) is 5.85. The van der Waals surface area contributed by atoms with Crippen molar-refractivity contribution >= 4 is 39.7 Å². The highest BCUT2D eigenvalue weighted by Crippen LogP contribution is 2.32. The van der Waals surface area contributed by atoms with Gasteiger partial charge >= 0.3 is 0 Å². The lowest BCUT2D eigenvalue weighted by Gasteiger charge is -2.26. The van der Waals surface area contributed by atoms with Crippen LogP contribution < -0.4 is 16.1 Å². The van der Waals surface area contributed by atoms with E-state index in [1.165, 1.54) is 16.7 Å². The number of aromatic nitrogens is 1. The average molecular weight is 480 g/mol. The molecular formula is C32H30ClNO. The minimum atomic E-state index is -0.0281. The summed E-state index contributed by atoms with van der Waals surface area (Å²) in [4.78, 5) is 14.0. The van der Waals surface area contributed by atoms with Crippen LogP contribution in [-0.2, 0) is 6.42 Å². The summed E-state index contributed by atoms with van der Waals surface area (Å²) in [7, 11) is 0. The van der Waals surface area contributed by atoms with Crippen molar-refractivity contribution in [2.75, 3.05) is 0 Å². The van der Waals surface area contributed by atoms with Crippen molar-refractivity contribution in [3.63, 3.8) is 0 Å². The van der Waals surface area contributed by atoms with Crippen LogP contribution in [-0.4, -0.2) is 4.57 Å². The molecule has 5 rings (SSSR count). The summed E-state index contributed by atoms with van der Waals surface area (Å²) in [5, 5.41) is 4.48. The molecule has 1 aromatic carbocycles. The lowest BCUT2D eigenvalue weighted by Crippen LogP contribution is -2.40. The van der Waals surface area contributed by atoms with Crippen molar-refractivity contribution in [1.29, 1.82) is 0 Å². The second kappa shape index (κ2) is 9.36. The van der Waals surface area contributed by atoms with Gasteiger partial charge in [-0.2, -0.15) is 0 Å². The Morgan fingerprint density at radius 2 is 2.00 bits per heavy atom. The summed E-state index contributed by atoms with van der Waals surface area (Å²) in [6.45, 7) is 12.6. The van der Waals surface area contributed by atoms with E-state index in [0.29, 0.717) is 11.8 Å². The quantitative estimate of drug-likeness (QED) is 0.448. The van der Waals surface area contributed by atoms with Gasteiger partial charge in [0.05, 0.1) is 5.70 Å². The number of allylic oxidation sites excluding steroid dienone is 12. The topological polar surface area (TPSA) is 22.0 Å². The maximum Gasteiger partial charge on any atom is 0.263 e. The summed E-state index contributed by atoms with van der Waals surface area (Å²) in [6, 6.07) is 3.77. The van der Waals surface area contributed by atoms with E-state index in [-0.39, 0.29) is 5.56 Å². The average Bonchev–Trinajstić information content (AvgIpc) is 2.88. The predicted molar refractivity (Wildman–Crippen MR) is 151 cm³/mol. The molecule has 0 atom stereocenters. The molecule has 2 aromatic rings. The molecule has 0 fully saturated rings. The summed E-state index contributed by atoms with van der Waals surface area (Å²) in [5.41, 5.74) is 7.43. The van der Waals surface area contributed by atoms with Crippen molar-refractivity contribution in [2.45, 2.75) is 46.0 Å². The third-order valence-corrected chi connectivity index (χ3v) is 7.57. The fourth-order valence-electron chi connectivity index (χ4n) is 5.58. The van der Waals surface area contributed by atoms with Crippen LogP contribution in [0.3, 0.4) is 0 Å². The van der Waals surface area contributed by atoms with Crippen molar-refractivity contribution in [3.8, 4) is 0 Å². The Morgan fingerprint density at radius 3 is 2.71 bits per heavy atom. The molecule has 3 heteroatoms. The van der Waals surface area contributed by atoms with Gasteiger partial charge in [-0.15, -0.1) is 0 Å². The Bertz CT molecular complexity index is 1630. The number of hydrogen-bond donors (Lipinski definition) is 0. The van der Waals surface area contributed by atoms with Crippen LogP contribution in [0.25, 0.3) is 28.1 Å². The Balaban J connectivity index is 1.85. The molecule has 0 N–H and O–H groups in total. The highest BCUT2D eigenvalue weighted by Gasteiger charge is 2.25. The van der Waals surface area contributed by atoms with E-state index in [2.05, 4.69) is 37.5 Å². The molecule has 1 aliphatic heterocycles. The molecule has 2 aliphatic carbocycles. The van der Waals surface area contributed by atoms with Crippen molar-refractivity contribution in [3.05, 3.63) is 122 Å². The molecule has 0 saturated heterocycles. The number of halogens is 1. The summed E-state index contributed by atoms with van der Waals surface area (Å²) in [6.07, 6.45) is 21.3. The van der Waals surface area contributed by atoms with E-state index in [9.17, 15) is 4.79 Å². The Labute approximate surface area is 211 Å². The molecule has 0 spiro atoms. The van der Waals surface area contributed by atoms with Crippen LogP contribution in [0.2, 0.25) is 5.02 Å². The van der Waals surface area contributed by atoms with Crippen LogP contribution in [0.5, 0.6) is 0 Å². The molecule has 0 unspecified atom stereocenters. The van der Waals surface area contributed by atoms with E-state index >= 15 is 0 Å². The molecule has 3 aliphatic rings. The summed E-state index contributed by atoms with van der Waals surface area (Å²) in [5.74, 6) is 0. The van der Waals surface area contributed by atoms with Gasteiger partial charge in [0.1, 0.15) is 0 Å². The molecule has 0 bridgehead atoms. The monoisotopic (exact) mass is 479 g/mol. The fraction of sp³-hybridized carbons (Fsp3) is 0.219. The second-order valence-electron chi connectivity index (χ2n) is 9.30. The zero-order valence-corrected chi connectivity index (χ0v) is 21.2. The first kappa shape index (κ1) is 23.4. The number of fused-ring (bicyclic) bond motifs is 2. The molecular weight excluding hydrogens is 450 g/mol. The van der Waals surface area contributed by atoms with Crippen LogP contribution in [0.15, 0.2) is 94.9 Å². The van der Waals surface area contributed by atoms with E-state index < -0.39 is 0 Å². The van der Waals surface area contributed by atoms with Gasteiger partial charge in [0.25, 0.3) is 5.56 Å². The molecule has 2 nitrogen and oxygen atoms in total. The highest BCUT2D eigenvalue weighted by atomic mass is 35.5. The first-order valence-electron chi connectivity index (χ1n) is 12.3. The van der Waals surface area contributed by atoms with Crippen LogP contribution >= 0.6 is 11.6 Å². The number of nitrogens with zero attached hydrogens (tertiary/aromatic N) is 1. The minimum Gasteiger partial charge on any atom is -0.277 e. The number of pyridine rings is 1. The van der Waals surface area contributed by atoms with Gasteiger partial charge < -0.3 is 0 Å². The van der Waals surface area contributed by atoms with E-state index in [1.54, 1.807) is 0 Å². The first-order valence-corrected chi connectivity index (χ1v) is 12.7. The zero-order chi connectivity index (χ0) is 24.7.